The number of nitrogens with zero attached hydrogens (tertiary/aromatic N) is 3. The first-order valence-electron chi connectivity index (χ1n) is 11.2. The molecule has 5 atom stereocenters. The number of rotatable bonds is 8. The molecular weight excluding hydrogens is 390 g/mol. The summed E-state index contributed by atoms with van der Waals surface area (Å²) < 4.78 is 0. The van der Waals surface area contributed by atoms with Gasteiger partial charge in [-0.25, -0.2) is 0 Å². The van der Waals surface area contributed by atoms with Crippen LogP contribution in [0.25, 0.3) is 0 Å². The maximum Gasteiger partial charge on any atom is 0.233 e. The number of amides is 2. The third-order valence-electron chi connectivity index (χ3n) is 6.91. The minimum absolute atomic E-state index is 0.0334. The molecule has 1 aromatic rings. The second-order valence-corrected chi connectivity index (χ2v) is 8.95. The van der Waals surface area contributed by atoms with Gasteiger partial charge in [-0.05, 0) is 44.3 Å². The maximum atomic E-state index is 12.8. The summed E-state index contributed by atoms with van der Waals surface area (Å²) in [4.78, 5) is 33.5. The van der Waals surface area contributed by atoms with E-state index in [0.717, 1.165) is 18.9 Å². The second-order valence-electron chi connectivity index (χ2n) is 8.95. The monoisotopic (exact) mass is 423 g/mol. The lowest BCUT2D eigenvalue weighted by Gasteiger charge is -2.26. The summed E-state index contributed by atoms with van der Waals surface area (Å²) in [6, 6.07) is 10.6. The van der Waals surface area contributed by atoms with E-state index in [1.165, 1.54) is 10.5 Å². The molecule has 0 aromatic heterocycles. The molecule has 1 heterocycles. The van der Waals surface area contributed by atoms with Crippen molar-refractivity contribution in [2.45, 2.75) is 18.9 Å². The van der Waals surface area contributed by atoms with E-state index in [9.17, 15) is 9.59 Å². The third-order valence-corrected chi connectivity index (χ3v) is 6.91. The maximum absolute atomic E-state index is 12.8. The average molecular weight is 424 g/mol. The smallest absolute Gasteiger partial charge is 0.233 e. The normalized spacial score (nSPS) is 27.9. The molecule has 4 rings (SSSR count). The Kier molecular flexibility index (Phi) is 6.41. The molecule has 5 unspecified atom stereocenters. The highest BCUT2D eigenvalue weighted by Gasteiger charge is 2.58. The first-order valence-corrected chi connectivity index (χ1v) is 11.2. The minimum atomic E-state index is -0.106. The molecule has 1 saturated carbocycles. The van der Waals surface area contributed by atoms with E-state index in [1.807, 2.05) is 6.07 Å². The first-order chi connectivity index (χ1) is 15.0. The molecule has 31 heavy (non-hydrogen) atoms. The molecule has 2 bridgehead atoms. The molecule has 2 N–H and O–H groups in total. The van der Waals surface area contributed by atoms with Crippen LogP contribution >= 0.6 is 0 Å². The molecule has 1 saturated heterocycles. The van der Waals surface area contributed by atoms with E-state index in [-0.39, 0.29) is 41.5 Å². The molecule has 2 fully saturated rings. The molecule has 1 aliphatic heterocycles. The van der Waals surface area contributed by atoms with E-state index in [4.69, 9.17) is 0 Å². The molecule has 7 nitrogen and oxygen atoms in total. The van der Waals surface area contributed by atoms with Crippen molar-refractivity contribution in [1.82, 2.24) is 20.4 Å². The van der Waals surface area contributed by atoms with E-state index in [0.29, 0.717) is 19.5 Å². The van der Waals surface area contributed by atoms with Crippen molar-refractivity contribution in [1.29, 1.82) is 0 Å². The fourth-order valence-electron chi connectivity index (χ4n) is 5.32. The standard InChI is InChI=1S/C24H33N5O2/c1-25-24(27-15-19(28(2)3)16-8-5-4-6-9-16)26-12-7-13-29-22(30)20-17-10-11-18(14-17)21(20)23(29)31/h4-6,8-11,17-21H,7,12-15H2,1-3H3,(H2,25,26,27). The summed E-state index contributed by atoms with van der Waals surface area (Å²) in [6.45, 7) is 1.84. The highest BCUT2D eigenvalue weighted by atomic mass is 16.2. The van der Waals surface area contributed by atoms with Gasteiger partial charge in [0.2, 0.25) is 11.8 Å². The van der Waals surface area contributed by atoms with Crippen LogP contribution in [0.3, 0.4) is 0 Å². The first kappa shape index (κ1) is 21.6. The molecule has 2 amide bonds. The Hall–Kier alpha value is -2.67. The van der Waals surface area contributed by atoms with Gasteiger partial charge in [-0.1, -0.05) is 42.5 Å². The zero-order chi connectivity index (χ0) is 22.0. The number of nitrogens with one attached hydrogen (secondary N) is 2. The predicted octanol–water partition coefficient (Wildman–Crippen LogP) is 1.65. The summed E-state index contributed by atoms with van der Waals surface area (Å²) in [7, 11) is 5.88. The number of imide groups is 1. The Labute approximate surface area is 184 Å². The highest BCUT2D eigenvalue weighted by molar-refractivity contribution is 6.06. The SMILES string of the molecule is CN=C(NCCCN1C(=O)C2C3C=CC(C3)C2C1=O)NCC(c1ccccc1)N(C)C. The van der Waals surface area contributed by atoms with E-state index in [2.05, 4.69) is 71.0 Å². The van der Waals surface area contributed by atoms with Gasteiger partial charge < -0.3 is 15.5 Å². The number of hydrogen-bond acceptors (Lipinski definition) is 4. The van der Waals surface area contributed by atoms with E-state index >= 15 is 0 Å². The van der Waals surface area contributed by atoms with Gasteiger partial charge >= 0.3 is 0 Å². The van der Waals surface area contributed by atoms with Gasteiger partial charge in [0, 0.05) is 26.7 Å². The molecule has 2 aliphatic carbocycles. The van der Waals surface area contributed by atoms with Gasteiger partial charge in [0.05, 0.1) is 17.9 Å². The lowest BCUT2D eigenvalue weighted by Crippen LogP contribution is -2.43. The Morgan fingerprint density at radius 3 is 2.32 bits per heavy atom. The minimum Gasteiger partial charge on any atom is -0.356 e. The number of likely N-dealkylation sites (tertiary alicyclic amines) is 1. The van der Waals surface area contributed by atoms with Crippen LogP contribution in [0.15, 0.2) is 47.5 Å². The van der Waals surface area contributed by atoms with Crippen LogP contribution in [-0.4, -0.2) is 68.4 Å². The van der Waals surface area contributed by atoms with Crippen LogP contribution < -0.4 is 10.6 Å². The van der Waals surface area contributed by atoms with Crippen molar-refractivity contribution in [3.63, 3.8) is 0 Å². The summed E-state index contributed by atoms with van der Waals surface area (Å²) in [6.07, 6.45) is 5.94. The summed E-state index contributed by atoms with van der Waals surface area (Å²) in [5.74, 6) is 1.12. The van der Waals surface area contributed by atoms with Crippen molar-refractivity contribution < 1.29 is 9.59 Å². The number of aliphatic imine (C=N–C) groups is 1. The molecule has 0 spiro atoms. The number of likely N-dealkylation sites (N-methyl/N-ethyl adjacent to an activating group) is 1. The summed E-state index contributed by atoms with van der Waals surface area (Å²) >= 11 is 0. The number of benzene rings is 1. The molecular formula is C24H33N5O2. The van der Waals surface area contributed by atoms with Gasteiger partial charge in [-0.3, -0.25) is 19.5 Å². The van der Waals surface area contributed by atoms with Crippen LogP contribution in [0, 0.1) is 23.7 Å². The van der Waals surface area contributed by atoms with Gasteiger partial charge in [0.15, 0.2) is 5.96 Å². The third kappa shape index (κ3) is 4.24. The van der Waals surface area contributed by atoms with Gasteiger partial charge in [0.1, 0.15) is 0 Å². The number of carbonyl (C=O) groups is 2. The number of allylic oxidation sites excluding steroid dienone is 2. The predicted molar refractivity (Wildman–Crippen MR) is 121 cm³/mol. The quantitative estimate of drug-likeness (QED) is 0.219. The van der Waals surface area contributed by atoms with E-state index < -0.39 is 0 Å². The highest BCUT2D eigenvalue weighted by Crippen LogP contribution is 2.52. The Morgan fingerprint density at radius 2 is 1.74 bits per heavy atom. The topological polar surface area (TPSA) is 77.0 Å². The Bertz CT molecular complexity index is 836. The van der Waals surface area contributed by atoms with Gasteiger partial charge in [-0.15, -0.1) is 0 Å². The summed E-state index contributed by atoms with van der Waals surface area (Å²) in [5, 5.41) is 6.70. The number of carbonyl (C=O) groups excluding carboxylic acids is 2. The van der Waals surface area contributed by atoms with Crippen molar-refractivity contribution in [2.24, 2.45) is 28.7 Å². The van der Waals surface area contributed by atoms with Crippen molar-refractivity contribution in [3.05, 3.63) is 48.0 Å². The zero-order valence-electron chi connectivity index (χ0n) is 18.6. The van der Waals surface area contributed by atoms with Crippen LogP contribution in [0.5, 0.6) is 0 Å². The van der Waals surface area contributed by atoms with Crippen molar-refractivity contribution in [3.8, 4) is 0 Å². The second kappa shape index (κ2) is 9.22. The number of hydrogen-bond donors (Lipinski definition) is 2. The molecule has 7 heteroatoms. The lowest BCUT2D eigenvalue weighted by molar-refractivity contribution is -0.140. The van der Waals surface area contributed by atoms with Crippen molar-refractivity contribution in [2.75, 3.05) is 40.8 Å². The molecule has 3 aliphatic rings. The largest absolute Gasteiger partial charge is 0.356 e. The Morgan fingerprint density at radius 1 is 1.10 bits per heavy atom. The number of guanidine groups is 1. The van der Waals surface area contributed by atoms with Crippen LogP contribution in [0.1, 0.15) is 24.4 Å². The molecule has 0 radical (unpaired) electrons. The van der Waals surface area contributed by atoms with Gasteiger partial charge in [0.25, 0.3) is 0 Å². The Balaban J connectivity index is 1.23. The molecule has 166 valence electrons. The van der Waals surface area contributed by atoms with Crippen molar-refractivity contribution >= 4 is 17.8 Å². The average Bonchev–Trinajstić information content (AvgIpc) is 3.45. The van der Waals surface area contributed by atoms with Crippen LogP contribution in [0.2, 0.25) is 0 Å². The number of fused-ring (bicyclic) bond motifs is 5. The van der Waals surface area contributed by atoms with E-state index in [1.54, 1.807) is 7.05 Å². The summed E-state index contributed by atoms with van der Waals surface area (Å²) in [5.41, 5.74) is 1.25. The fourth-order valence-corrected chi connectivity index (χ4v) is 5.32. The lowest BCUT2D eigenvalue weighted by atomic mass is 9.85. The van der Waals surface area contributed by atoms with Crippen LogP contribution in [-0.2, 0) is 9.59 Å². The van der Waals surface area contributed by atoms with Gasteiger partial charge in [-0.2, -0.15) is 0 Å². The molecule has 1 aromatic carbocycles. The fraction of sp³-hybridized carbons (Fsp3) is 0.542. The van der Waals surface area contributed by atoms with Crippen LogP contribution in [0.4, 0.5) is 0 Å². The zero-order valence-corrected chi connectivity index (χ0v) is 18.6.